The Kier molecular flexibility index (Phi) is 10.7. The number of unbranched alkanes of at least 4 members (excludes halogenated alkanes) is 2. The van der Waals surface area contributed by atoms with Crippen LogP contribution in [0.5, 0.6) is 11.5 Å². The van der Waals surface area contributed by atoms with Crippen molar-refractivity contribution in [1.29, 1.82) is 0 Å². The van der Waals surface area contributed by atoms with Crippen LogP contribution in [0.1, 0.15) is 61.9 Å². The summed E-state index contributed by atoms with van der Waals surface area (Å²) >= 11 is 0. The van der Waals surface area contributed by atoms with Crippen molar-refractivity contribution in [2.75, 3.05) is 39.5 Å². The highest BCUT2D eigenvalue weighted by Gasteiger charge is 2.47. The number of aliphatic carboxylic acids is 1. The molecule has 0 radical (unpaired) electrons. The van der Waals surface area contributed by atoms with Crippen molar-refractivity contribution in [3.05, 3.63) is 47.5 Å². The number of carbonyl (C=O) groups is 2. The average molecular weight is 556 g/mol. The van der Waals surface area contributed by atoms with E-state index in [1.807, 2.05) is 15.9 Å². The Bertz CT molecular complexity index is 1130. The van der Waals surface area contributed by atoms with Crippen LogP contribution in [0.15, 0.2) is 30.6 Å². The van der Waals surface area contributed by atoms with E-state index in [1.165, 1.54) is 0 Å². The van der Waals surface area contributed by atoms with E-state index in [0.29, 0.717) is 61.9 Å². The van der Waals surface area contributed by atoms with Gasteiger partial charge in [-0.15, -0.1) is 0 Å². The minimum absolute atomic E-state index is 0.00189. The summed E-state index contributed by atoms with van der Waals surface area (Å²) in [5, 5.41) is 20.4. The third-order valence-corrected chi connectivity index (χ3v) is 7.84. The number of aliphatic hydroxyl groups is 1. The highest BCUT2D eigenvalue weighted by atomic mass is 16.7. The maximum absolute atomic E-state index is 13.6. The van der Waals surface area contributed by atoms with Crippen molar-refractivity contribution in [3.8, 4) is 11.5 Å². The number of nitrogens with two attached hydrogens (primary N) is 1. The summed E-state index contributed by atoms with van der Waals surface area (Å²) in [4.78, 5) is 39.0. The molecule has 1 aromatic carbocycles. The van der Waals surface area contributed by atoms with Gasteiger partial charge in [0.1, 0.15) is 5.82 Å². The zero-order valence-corrected chi connectivity index (χ0v) is 23.2. The van der Waals surface area contributed by atoms with Gasteiger partial charge >= 0.3 is 5.97 Å². The van der Waals surface area contributed by atoms with E-state index in [1.54, 1.807) is 24.5 Å². The second kappa shape index (κ2) is 14.4. The van der Waals surface area contributed by atoms with Crippen molar-refractivity contribution < 1.29 is 29.3 Å². The van der Waals surface area contributed by atoms with E-state index in [2.05, 4.69) is 16.9 Å². The lowest BCUT2D eigenvalue weighted by molar-refractivity contribution is -0.143. The van der Waals surface area contributed by atoms with Crippen molar-refractivity contribution in [3.63, 3.8) is 0 Å². The van der Waals surface area contributed by atoms with Crippen LogP contribution in [0.4, 0.5) is 0 Å². The predicted octanol–water partition coefficient (Wildman–Crippen LogP) is 2.17. The molecule has 1 fully saturated rings. The number of carboxylic acid groups (broad SMARTS) is 1. The molecule has 2 aliphatic rings. The van der Waals surface area contributed by atoms with Crippen molar-refractivity contribution in [2.45, 2.75) is 64.0 Å². The number of benzene rings is 1. The number of rotatable bonds is 15. The Labute approximate surface area is 235 Å². The minimum atomic E-state index is -0.923. The third-order valence-electron chi connectivity index (χ3n) is 7.84. The molecule has 0 spiro atoms. The number of fused-ring (bicyclic) bond motifs is 1. The molecule has 3 atom stereocenters. The molecular weight excluding hydrogens is 514 g/mol. The Hall–Kier alpha value is -3.28. The number of ether oxygens (including phenoxy) is 2. The number of carboxylic acids is 1. The fourth-order valence-corrected chi connectivity index (χ4v) is 5.80. The summed E-state index contributed by atoms with van der Waals surface area (Å²) < 4.78 is 11.1. The van der Waals surface area contributed by atoms with Crippen LogP contribution >= 0.6 is 0 Å². The molecule has 218 valence electrons. The number of aliphatic hydroxyl groups excluding tert-OH is 1. The molecule has 2 aromatic rings. The number of aryl methyl sites for hydroxylation is 1. The van der Waals surface area contributed by atoms with Crippen LogP contribution in [0.3, 0.4) is 0 Å². The minimum Gasteiger partial charge on any atom is -0.481 e. The summed E-state index contributed by atoms with van der Waals surface area (Å²) in [6, 6.07) is 4.95. The van der Waals surface area contributed by atoms with Gasteiger partial charge in [0.25, 0.3) is 0 Å². The average Bonchev–Trinajstić information content (AvgIpc) is 3.58. The van der Waals surface area contributed by atoms with Crippen molar-refractivity contribution in [2.24, 2.45) is 11.7 Å². The van der Waals surface area contributed by atoms with Crippen LogP contribution in [0, 0.1) is 5.92 Å². The maximum atomic E-state index is 13.6. The molecule has 2 aliphatic heterocycles. The van der Waals surface area contributed by atoms with Crippen LogP contribution in [0.25, 0.3) is 0 Å². The van der Waals surface area contributed by atoms with Gasteiger partial charge in [0.2, 0.25) is 12.7 Å². The topological polar surface area (TPSA) is 151 Å². The Morgan fingerprint density at radius 2 is 1.93 bits per heavy atom. The van der Waals surface area contributed by atoms with Crippen LogP contribution in [0.2, 0.25) is 0 Å². The van der Waals surface area contributed by atoms with E-state index in [0.717, 1.165) is 31.2 Å². The van der Waals surface area contributed by atoms with Crippen LogP contribution < -0.4 is 15.2 Å². The van der Waals surface area contributed by atoms with Gasteiger partial charge in [-0.05, 0) is 56.0 Å². The van der Waals surface area contributed by atoms with Gasteiger partial charge in [-0.3, -0.25) is 14.5 Å². The number of nitrogens with zero attached hydrogens (tertiary/aromatic N) is 4. The van der Waals surface area contributed by atoms with E-state index in [9.17, 15) is 19.8 Å². The number of carbonyl (C=O) groups excluding carboxylic acids is 1. The fourth-order valence-electron chi connectivity index (χ4n) is 5.80. The standard InChI is InChI=1S/C29H41N5O6/c1-2-3-12-33(13-5-4-9-30)26(36)17-34-16-22(20-14-21(18-35)28-24(15-20)39-19-40-28)27(29(37)38)23(34)7-8-25-31-10-6-11-32-25/h6,10-11,14-15,22-23,27,35H,2-5,7-9,12-13,16-19,30H2,1H3,(H,37,38)/t22-,23+,27-/m1/s1. The quantitative estimate of drug-likeness (QED) is 0.279. The molecule has 4 rings (SSSR count). The number of likely N-dealkylation sites (tertiary alicyclic amines) is 1. The summed E-state index contributed by atoms with van der Waals surface area (Å²) in [7, 11) is 0. The normalized spacial score (nSPS) is 20.1. The summed E-state index contributed by atoms with van der Waals surface area (Å²) in [5.41, 5.74) is 6.99. The Morgan fingerprint density at radius 3 is 2.62 bits per heavy atom. The Balaban J connectivity index is 1.62. The molecule has 3 heterocycles. The smallest absolute Gasteiger partial charge is 0.308 e. The molecule has 0 saturated carbocycles. The van der Waals surface area contributed by atoms with Gasteiger partial charge < -0.3 is 30.3 Å². The molecule has 1 amide bonds. The molecule has 40 heavy (non-hydrogen) atoms. The maximum Gasteiger partial charge on any atom is 0.308 e. The first-order valence-electron chi connectivity index (χ1n) is 14.2. The molecule has 11 heteroatoms. The SMILES string of the molecule is CCCCN(CCCCN)C(=O)CN1C[C@H](c2cc(CO)c3c(c2)OCO3)[C@@H](C(=O)O)[C@@H]1CCc1ncccn1. The van der Waals surface area contributed by atoms with E-state index in [-0.39, 0.29) is 25.9 Å². The molecule has 0 unspecified atom stereocenters. The number of hydrogen-bond donors (Lipinski definition) is 3. The first kappa shape index (κ1) is 29.7. The van der Waals surface area contributed by atoms with E-state index >= 15 is 0 Å². The molecule has 4 N–H and O–H groups in total. The summed E-state index contributed by atoms with van der Waals surface area (Å²) in [5.74, 6) is -0.479. The van der Waals surface area contributed by atoms with E-state index < -0.39 is 23.8 Å². The predicted molar refractivity (Wildman–Crippen MR) is 148 cm³/mol. The fraction of sp³-hybridized carbons (Fsp3) is 0.586. The van der Waals surface area contributed by atoms with Crippen LogP contribution in [-0.2, 0) is 22.6 Å². The molecule has 1 saturated heterocycles. The zero-order valence-electron chi connectivity index (χ0n) is 23.2. The molecule has 11 nitrogen and oxygen atoms in total. The van der Waals surface area contributed by atoms with Gasteiger partial charge in [0.05, 0.1) is 19.1 Å². The second-order valence-corrected chi connectivity index (χ2v) is 10.5. The molecule has 0 bridgehead atoms. The highest BCUT2D eigenvalue weighted by molar-refractivity contribution is 5.79. The monoisotopic (exact) mass is 555 g/mol. The largest absolute Gasteiger partial charge is 0.481 e. The van der Waals surface area contributed by atoms with Gasteiger partial charge in [-0.2, -0.15) is 0 Å². The number of aromatic nitrogens is 2. The van der Waals surface area contributed by atoms with Crippen LogP contribution in [-0.4, -0.2) is 87.4 Å². The van der Waals surface area contributed by atoms with Gasteiger partial charge in [0.15, 0.2) is 11.5 Å². The van der Waals surface area contributed by atoms with E-state index in [4.69, 9.17) is 15.2 Å². The lowest BCUT2D eigenvalue weighted by atomic mass is 9.83. The molecular formula is C29H41N5O6. The third kappa shape index (κ3) is 7.07. The van der Waals surface area contributed by atoms with Gasteiger partial charge in [-0.25, -0.2) is 9.97 Å². The van der Waals surface area contributed by atoms with Crippen molar-refractivity contribution in [1.82, 2.24) is 19.8 Å². The zero-order chi connectivity index (χ0) is 28.5. The summed E-state index contributed by atoms with van der Waals surface area (Å²) in [6.45, 7) is 4.30. The van der Waals surface area contributed by atoms with Gasteiger partial charge in [-0.1, -0.05) is 13.3 Å². The van der Waals surface area contributed by atoms with Gasteiger partial charge in [0, 0.05) is 56.0 Å². The molecule has 0 aliphatic carbocycles. The second-order valence-electron chi connectivity index (χ2n) is 10.5. The lowest BCUT2D eigenvalue weighted by Gasteiger charge is -2.29. The summed E-state index contributed by atoms with van der Waals surface area (Å²) in [6.07, 6.45) is 7.89. The first-order valence-corrected chi connectivity index (χ1v) is 14.2. The Morgan fingerprint density at radius 1 is 1.15 bits per heavy atom. The number of hydrogen-bond acceptors (Lipinski definition) is 9. The number of amides is 1. The lowest BCUT2D eigenvalue weighted by Crippen LogP contribution is -2.45. The molecule has 1 aromatic heterocycles. The highest BCUT2D eigenvalue weighted by Crippen LogP contribution is 2.44. The van der Waals surface area contributed by atoms with Crippen molar-refractivity contribution >= 4 is 11.9 Å². The first-order chi connectivity index (χ1) is 19.5.